The zero-order chi connectivity index (χ0) is 22.3. The number of benzene rings is 1. The number of pyridine rings is 1. The molecule has 2 aromatic heterocycles. The molecule has 1 aliphatic heterocycles. The highest BCUT2D eigenvalue weighted by atomic mass is 79.9. The monoisotopic (exact) mass is 534 g/mol. The number of hydroxylamine groups is 2. The smallest absolute Gasteiger partial charge is 0.406 e. The summed E-state index contributed by atoms with van der Waals surface area (Å²) < 4.78 is 44.4. The number of alkyl halides is 3. The van der Waals surface area contributed by atoms with E-state index in [2.05, 4.69) is 25.7 Å². The van der Waals surface area contributed by atoms with Crippen LogP contribution in [-0.4, -0.2) is 27.4 Å². The van der Waals surface area contributed by atoms with E-state index in [1.165, 1.54) is 17.4 Å². The molecule has 0 amide bonds. The third-order valence-corrected chi connectivity index (χ3v) is 6.23. The summed E-state index contributed by atoms with van der Waals surface area (Å²) in [6, 6.07) is 7.42. The summed E-state index contributed by atoms with van der Waals surface area (Å²) >= 11 is 10.3. The first kappa shape index (κ1) is 22.2. The van der Waals surface area contributed by atoms with E-state index in [0.717, 1.165) is 22.1 Å². The number of carbonyl (C=O) groups excluding carboxylic acids is 1. The number of fused-ring (bicyclic) bond motifs is 1. The second kappa shape index (κ2) is 8.47. The number of Topliss-reactive ketones (excluding diaryl/α,β-unsaturated/α-hetero) is 1. The van der Waals surface area contributed by atoms with Gasteiger partial charge in [-0.1, -0.05) is 27.5 Å². The second-order valence-electron chi connectivity index (χ2n) is 6.67. The molecule has 1 aliphatic rings. The summed E-state index contributed by atoms with van der Waals surface area (Å²) in [5.41, 5.74) is 0.445. The van der Waals surface area contributed by atoms with Crippen molar-refractivity contribution in [1.82, 2.24) is 10.0 Å². The molecular weight excluding hydrogens is 523 g/mol. The summed E-state index contributed by atoms with van der Waals surface area (Å²) in [5.74, 6) is -0.979. The van der Waals surface area contributed by atoms with Crippen molar-refractivity contribution in [1.29, 1.82) is 0 Å². The fraction of sp³-hybridized carbons (Fsp3) is 0.211. The third kappa shape index (κ3) is 4.75. The largest absolute Gasteiger partial charge is 0.573 e. The molecule has 0 spiro atoms. The lowest BCUT2D eigenvalue weighted by Crippen LogP contribution is -2.59. The van der Waals surface area contributed by atoms with Crippen LogP contribution in [0.3, 0.4) is 0 Å². The van der Waals surface area contributed by atoms with Gasteiger partial charge in [0.2, 0.25) is 6.17 Å². The predicted octanol–water partition coefficient (Wildman–Crippen LogP) is 5.12. The van der Waals surface area contributed by atoms with Crippen LogP contribution in [0.1, 0.15) is 33.1 Å². The van der Waals surface area contributed by atoms with Gasteiger partial charge < -0.3 is 9.94 Å². The molecule has 0 saturated heterocycles. The number of ether oxygens (including phenoxy) is 1. The van der Waals surface area contributed by atoms with Gasteiger partial charge in [0.05, 0.1) is 6.42 Å². The van der Waals surface area contributed by atoms with Gasteiger partial charge >= 0.3 is 6.36 Å². The zero-order valence-electron chi connectivity index (χ0n) is 15.4. The molecule has 2 atom stereocenters. The van der Waals surface area contributed by atoms with Crippen LogP contribution in [0.4, 0.5) is 13.2 Å². The van der Waals surface area contributed by atoms with Gasteiger partial charge in [0.15, 0.2) is 10.7 Å². The van der Waals surface area contributed by atoms with Crippen molar-refractivity contribution in [2.45, 2.75) is 25.0 Å². The van der Waals surface area contributed by atoms with Crippen LogP contribution in [0.25, 0.3) is 0 Å². The predicted molar refractivity (Wildman–Crippen MR) is 108 cm³/mol. The Bertz CT molecular complexity index is 1140. The van der Waals surface area contributed by atoms with E-state index >= 15 is 0 Å². The Kier molecular flexibility index (Phi) is 6.05. The minimum absolute atomic E-state index is 0.142. The van der Waals surface area contributed by atoms with Crippen molar-refractivity contribution in [3.8, 4) is 5.75 Å². The Balaban J connectivity index is 1.77. The highest BCUT2D eigenvalue weighted by Crippen LogP contribution is 2.37. The minimum atomic E-state index is -4.90. The van der Waals surface area contributed by atoms with Crippen molar-refractivity contribution in [3.63, 3.8) is 0 Å². The lowest BCUT2D eigenvalue weighted by molar-refractivity contribution is -0.764. The fourth-order valence-corrected chi connectivity index (χ4v) is 4.97. The first-order valence-corrected chi connectivity index (χ1v) is 10.8. The second-order valence-corrected chi connectivity index (χ2v) is 9.29. The van der Waals surface area contributed by atoms with Crippen LogP contribution in [0.5, 0.6) is 5.75 Å². The zero-order valence-corrected chi connectivity index (χ0v) is 18.5. The average molecular weight is 536 g/mol. The van der Waals surface area contributed by atoms with Gasteiger partial charge in [0, 0.05) is 27.7 Å². The van der Waals surface area contributed by atoms with E-state index in [9.17, 15) is 23.2 Å². The lowest BCUT2D eigenvalue weighted by atomic mass is 9.96. The Morgan fingerprint density at radius 1 is 1.32 bits per heavy atom. The summed E-state index contributed by atoms with van der Waals surface area (Å²) in [7, 11) is 0. The van der Waals surface area contributed by atoms with Crippen LogP contribution in [0.15, 0.2) is 53.3 Å². The first-order chi connectivity index (χ1) is 14.6. The van der Waals surface area contributed by atoms with Crippen LogP contribution in [0.2, 0.25) is 4.47 Å². The van der Waals surface area contributed by atoms with Crippen LogP contribution in [0, 0.1) is 0 Å². The topological polar surface area (TPSA) is 66.5 Å². The van der Waals surface area contributed by atoms with E-state index in [0.29, 0.717) is 10.2 Å². The van der Waals surface area contributed by atoms with Gasteiger partial charge in [0.1, 0.15) is 11.8 Å². The summed E-state index contributed by atoms with van der Waals surface area (Å²) in [6.45, 7) is 0. The molecule has 1 aromatic carbocycles. The van der Waals surface area contributed by atoms with Crippen LogP contribution >= 0.6 is 38.9 Å². The van der Waals surface area contributed by atoms with Crippen LogP contribution in [-0.2, 0) is 6.42 Å². The molecule has 31 heavy (non-hydrogen) atoms. The lowest BCUT2D eigenvalue weighted by Gasteiger charge is -2.33. The highest BCUT2D eigenvalue weighted by molar-refractivity contribution is 9.10. The minimum Gasteiger partial charge on any atom is -0.406 e. The molecule has 12 heteroatoms. The summed E-state index contributed by atoms with van der Waals surface area (Å²) in [5, 5.41) is 11.9. The quantitative estimate of drug-likeness (QED) is 0.470. The molecule has 2 unspecified atom stereocenters. The van der Waals surface area contributed by atoms with E-state index in [-0.39, 0.29) is 16.5 Å². The first-order valence-electron chi connectivity index (χ1n) is 8.80. The number of halogens is 5. The average Bonchev–Trinajstić information content (AvgIpc) is 3.08. The maximum atomic E-state index is 13.2. The summed E-state index contributed by atoms with van der Waals surface area (Å²) in [6.07, 6.45) is -2.12. The van der Waals surface area contributed by atoms with Gasteiger partial charge in [-0.2, -0.15) is 4.57 Å². The van der Waals surface area contributed by atoms with E-state index < -0.39 is 30.1 Å². The summed E-state index contributed by atoms with van der Waals surface area (Å²) in [4.78, 5) is 18.0. The number of hydrogen-bond acceptors (Lipinski definition) is 6. The van der Waals surface area contributed by atoms with E-state index in [1.54, 1.807) is 35.2 Å². The van der Waals surface area contributed by atoms with Crippen molar-refractivity contribution in [2.24, 2.45) is 0 Å². The van der Waals surface area contributed by atoms with Gasteiger partial charge in [-0.05, 0) is 29.8 Å². The van der Waals surface area contributed by atoms with E-state index in [1.807, 2.05) is 0 Å². The third-order valence-electron chi connectivity index (χ3n) is 4.63. The number of carbonyl (C=O) groups is 1. The van der Waals surface area contributed by atoms with Crippen LogP contribution < -0.4 is 9.30 Å². The molecule has 3 heterocycles. The normalized spacial score (nSPS) is 19.4. The number of aromatic nitrogens is 2. The van der Waals surface area contributed by atoms with Gasteiger partial charge in [0.25, 0.3) is 11.5 Å². The standard InChI is InChI=1S/C19H13BrClF3N3O3S/c20-11-5-10(6-12(7-11)30-19(22,23)24)16-17(28)14-3-1-2-4-26(14)15(27(16)29)8-13-9-25-18(21)31-13/h1-7,9,15-16,29H,8H2/q+1. The molecule has 6 nitrogen and oxygen atoms in total. The van der Waals surface area contributed by atoms with Crippen molar-refractivity contribution in [2.75, 3.05) is 0 Å². The molecule has 3 aromatic rings. The number of hydrogen-bond donors (Lipinski definition) is 1. The van der Waals surface area contributed by atoms with Gasteiger partial charge in [-0.25, -0.2) is 4.98 Å². The molecule has 0 saturated carbocycles. The SMILES string of the molecule is O=C1c2cccc[n+]2C(Cc2cnc(Cl)s2)N(O)C1c1cc(Br)cc(OC(F)(F)F)c1. The van der Waals surface area contributed by atoms with Gasteiger partial charge in [-0.3, -0.25) is 4.79 Å². The molecule has 0 aliphatic carbocycles. The molecule has 4 rings (SSSR count). The Hall–Kier alpha value is -2.05. The maximum Gasteiger partial charge on any atom is 0.573 e. The maximum absolute atomic E-state index is 13.2. The molecule has 0 fully saturated rings. The number of nitrogens with zero attached hydrogens (tertiary/aromatic N) is 3. The van der Waals surface area contributed by atoms with E-state index in [4.69, 9.17) is 11.6 Å². The molecule has 0 bridgehead atoms. The van der Waals surface area contributed by atoms with Crippen molar-refractivity contribution >= 4 is 44.7 Å². The Labute approximate surface area is 191 Å². The number of ketones is 1. The number of rotatable bonds is 4. The Morgan fingerprint density at radius 3 is 2.77 bits per heavy atom. The van der Waals surface area contributed by atoms with Crippen molar-refractivity contribution < 1.29 is 32.5 Å². The molecular formula is C19H13BrClF3N3O3S+. The van der Waals surface area contributed by atoms with Gasteiger partial charge in [-0.15, -0.1) is 29.6 Å². The molecule has 0 radical (unpaired) electrons. The number of thiazole rings is 1. The Morgan fingerprint density at radius 2 is 2.10 bits per heavy atom. The highest BCUT2D eigenvalue weighted by Gasteiger charge is 2.47. The fourth-order valence-electron chi connectivity index (χ4n) is 3.47. The van der Waals surface area contributed by atoms with Crippen molar-refractivity contribution in [3.05, 3.63) is 73.9 Å². The molecule has 162 valence electrons. The molecule has 1 N–H and O–H groups in total.